The minimum atomic E-state index is -5.09. The number of ether oxygens (including phenoxy) is 2. The van der Waals surface area contributed by atoms with Crippen LogP contribution in [0.2, 0.25) is 0 Å². The molecule has 0 aliphatic carbocycles. The molecule has 0 N–H and O–H groups in total. The zero-order chi connectivity index (χ0) is 16.2. The first-order valence-electron chi connectivity index (χ1n) is 5.39. The Bertz CT molecular complexity index is 564. The van der Waals surface area contributed by atoms with E-state index in [1.807, 2.05) is 0 Å². The quantitative estimate of drug-likeness (QED) is 0.315. The number of hydrogen-bond donors (Lipinski definition) is 0. The lowest BCUT2D eigenvalue weighted by Crippen LogP contribution is -2.19. The first-order chi connectivity index (χ1) is 9.64. The monoisotopic (exact) mass is 420 g/mol. The van der Waals surface area contributed by atoms with E-state index >= 15 is 0 Å². The van der Waals surface area contributed by atoms with Crippen LogP contribution in [0.5, 0.6) is 5.75 Å². The first-order valence-corrected chi connectivity index (χ1v) is 6.47. The van der Waals surface area contributed by atoms with Crippen LogP contribution in [0.1, 0.15) is 12.6 Å². The van der Waals surface area contributed by atoms with Crippen LogP contribution in [0, 0.1) is 13.7 Å². The van der Waals surface area contributed by atoms with Crippen molar-refractivity contribution in [3.63, 3.8) is 0 Å². The van der Waals surface area contributed by atoms with E-state index in [0.717, 1.165) is 6.07 Å². The molecular formula is C10H8F3IN2O5. The number of pyridine rings is 1. The lowest BCUT2D eigenvalue weighted by molar-refractivity contribution is -0.393. The molecule has 0 saturated carbocycles. The summed E-state index contributed by atoms with van der Waals surface area (Å²) in [6.07, 6.45) is -5.48. The number of rotatable bonds is 5. The van der Waals surface area contributed by atoms with Gasteiger partial charge in [-0.1, -0.05) is 0 Å². The van der Waals surface area contributed by atoms with Crippen LogP contribution in [0.4, 0.5) is 19.0 Å². The summed E-state index contributed by atoms with van der Waals surface area (Å²) in [5, 5.41) is 10.8. The van der Waals surface area contributed by atoms with Crippen molar-refractivity contribution in [2.75, 3.05) is 6.61 Å². The topological polar surface area (TPSA) is 91.6 Å². The number of alkyl halides is 3. The Labute approximate surface area is 129 Å². The van der Waals surface area contributed by atoms with E-state index in [1.54, 1.807) is 6.92 Å². The fourth-order valence-corrected chi connectivity index (χ4v) is 2.03. The maximum atomic E-state index is 12.2. The molecule has 0 fully saturated rings. The summed E-state index contributed by atoms with van der Waals surface area (Å²) in [4.78, 5) is 24.4. The molecule has 0 saturated heterocycles. The van der Waals surface area contributed by atoms with Crippen LogP contribution in [0.15, 0.2) is 6.07 Å². The number of carbonyl (C=O) groups excluding carboxylic acids is 1. The van der Waals surface area contributed by atoms with Gasteiger partial charge in [0.15, 0.2) is 5.69 Å². The predicted octanol–water partition coefficient (Wildman–Crippen LogP) is 2.60. The molecule has 0 aliphatic heterocycles. The highest BCUT2D eigenvalue weighted by Crippen LogP contribution is 2.35. The predicted molar refractivity (Wildman–Crippen MR) is 70.6 cm³/mol. The van der Waals surface area contributed by atoms with E-state index in [9.17, 15) is 28.1 Å². The first kappa shape index (κ1) is 17.4. The number of halogens is 4. The SMILES string of the molecule is CCOC(=O)Cc1cc(I)c(OC(F)(F)F)c([N+](=O)[O-])n1. The normalized spacial score (nSPS) is 11.1. The zero-order valence-corrected chi connectivity index (χ0v) is 12.6. The zero-order valence-electron chi connectivity index (χ0n) is 10.4. The molecule has 1 aromatic heterocycles. The largest absolute Gasteiger partial charge is 0.573 e. The molecule has 11 heteroatoms. The third-order valence-electron chi connectivity index (χ3n) is 1.98. The van der Waals surface area contributed by atoms with E-state index in [2.05, 4.69) is 14.5 Å². The van der Waals surface area contributed by atoms with Gasteiger partial charge >= 0.3 is 18.1 Å². The summed E-state index contributed by atoms with van der Waals surface area (Å²) in [7, 11) is 0. The highest BCUT2D eigenvalue weighted by molar-refractivity contribution is 14.1. The van der Waals surface area contributed by atoms with Gasteiger partial charge < -0.3 is 19.6 Å². The molecule has 1 aromatic rings. The molecule has 0 radical (unpaired) electrons. The van der Waals surface area contributed by atoms with Gasteiger partial charge in [-0.05, 0) is 39.4 Å². The van der Waals surface area contributed by atoms with Crippen LogP contribution >= 0.6 is 22.6 Å². The fourth-order valence-electron chi connectivity index (χ4n) is 1.32. The summed E-state index contributed by atoms with van der Waals surface area (Å²) in [6.45, 7) is 1.67. The van der Waals surface area contributed by atoms with Crippen molar-refractivity contribution in [3.8, 4) is 5.75 Å². The summed E-state index contributed by atoms with van der Waals surface area (Å²) in [5.74, 6) is -2.82. The lowest BCUT2D eigenvalue weighted by Gasteiger charge is -2.10. The number of aromatic nitrogens is 1. The van der Waals surface area contributed by atoms with Crippen molar-refractivity contribution in [2.24, 2.45) is 0 Å². The highest BCUT2D eigenvalue weighted by atomic mass is 127. The van der Waals surface area contributed by atoms with Crippen molar-refractivity contribution in [1.82, 2.24) is 4.98 Å². The summed E-state index contributed by atoms with van der Waals surface area (Å²) in [6, 6.07) is 1.09. The molecule has 0 amide bonds. The van der Waals surface area contributed by atoms with Gasteiger partial charge in [-0.15, -0.1) is 13.2 Å². The molecule has 0 atom stereocenters. The summed E-state index contributed by atoms with van der Waals surface area (Å²) < 4.78 is 44.7. The van der Waals surface area contributed by atoms with Crippen molar-refractivity contribution >= 4 is 34.4 Å². The Hall–Kier alpha value is -1.66. The maximum Gasteiger partial charge on any atom is 0.573 e. The second-order valence-corrected chi connectivity index (χ2v) is 4.70. The van der Waals surface area contributed by atoms with E-state index in [1.165, 1.54) is 22.6 Å². The summed E-state index contributed by atoms with van der Waals surface area (Å²) in [5.41, 5.74) is -0.0842. The molecule has 21 heavy (non-hydrogen) atoms. The Kier molecular flexibility index (Phi) is 5.69. The van der Waals surface area contributed by atoms with Crippen molar-refractivity contribution in [3.05, 3.63) is 25.4 Å². The average molecular weight is 420 g/mol. The smallest absolute Gasteiger partial charge is 0.466 e. The number of nitrogens with zero attached hydrogens (tertiary/aromatic N) is 2. The van der Waals surface area contributed by atoms with Gasteiger partial charge in [0.2, 0.25) is 5.75 Å². The van der Waals surface area contributed by atoms with Crippen molar-refractivity contribution in [1.29, 1.82) is 0 Å². The van der Waals surface area contributed by atoms with Gasteiger partial charge in [-0.25, -0.2) is 0 Å². The van der Waals surface area contributed by atoms with E-state index < -0.39 is 35.2 Å². The minimum absolute atomic E-state index is 0.0842. The van der Waals surface area contributed by atoms with Crippen molar-refractivity contribution < 1.29 is 32.4 Å². The van der Waals surface area contributed by atoms with Gasteiger partial charge in [0.05, 0.1) is 10.2 Å². The number of nitro groups is 1. The van der Waals surface area contributed by atoms with Crippen LogP contribution in [0.3, 0.4) is 0 Å². The maximum absolute atomic E-state index is 12.2. The molecule has 0 unspecified atom stereocenters. The molecule has 0 spiro atoms. The molecule has 116 valence electrons. The lowest BCUT2D eigenvalue weighted by atomic mass is 10.2. The molecule has 0 aromatic carbocycles. The van der Waals surface area contributed by atoms with E-state index in [0.29, 0.717) is 0 Å². The molecule has 1 heterocycles. The van der Waals surface area contributed by atoms with Crippen LogP contribution in [-0.4, -0.2) is 28.8 Å². The summed E-state index contributed by atoms with van der Waals surface area (Å²) >= 11 is 1.43. The average Bonchev–Trinajstić information content (AvgIpc) is 2.30. The number of hydrogen-bond acceptors (Lipinski definition) is 6. The second-order valence-electron chi connectivity index (χ2n) is 3.53. The molecule has 1 rings (SSSR count). The molecular weight excluding hydrogens is 412 g/mol. The Balaban J connectivity index is 3.18. The van der Waals surface area contributed by atoms with Crippen LogP contribution in [0.25, 0.3) is 0 Å². The standard InChI is InChI=1S/C10H8F3IN2O5/c1-2-20-7(17)4-5-3-6(14)8(21-10(11,12)13)9(15-5)16(18)19/h3H,2,4H2,1H3. The highest BCUT2D eigenvalue weighted by Gasteiger charge is 2.37. The van der Waals surface area contributed by atoms with Gasteiger partial charge in [0.1, 0.15) is 6.42 Å². The van der Waals surface area contributed by atoms with Gasteiger partial charge in [-0.3, -0.25) is 4.79 Å². The van der Waals surface area contributed by atoms with E-state index in [-0.39, 0.29) is 15.9 Å². The number of esters is 1. The molecule has 7 nitrogen and oxygen atoms in total. The minimum Gasteiger partial charge on any atom is -0.466 e. The Morgan fingerprint density at radius 3 is 2.62 bits per heavy atom. The van der Waals surface area contributed by atoms with Crippen LogP contribution < -0.4 is 4.74 Å². The van der Waals surface area contributed by atoms with E-state index in [4.69, 9.17) is 0 Å². The third-order valence-corrected chi connectivity index (χ3v) is 2.79. The van der Waals surface area contributed by atoms with Crippen LogP contribution in [-0.2, 0) is 16.0 Å². The Morgan fingerprint density at radius 2 is 2.14 bits per heavy atom. The third kappa shape index (κ3) is 5.32. The molecule has 0 bridgehead atoms. The van der Waals surface area contributed by atoms with Gasteiger partial charge in [0.25, 0.3) is 0 Å². The second kappa shape index (κ2) is 6.87. The number of carbonyl (C=O) groups is 1. The fraction of sp³-hybridized carbons (Fsp3) is 0.400. The van der Waals surface area contributed by atoms with Gasteiger partial charge in [0, 0.05) is 6.07 Å². The van der Waals surface area contributed by atoms with Crippen molar-refractivity contribution in [2.45, 2.75) is 19.7 Å². The Morgan fingerprint density at radius 1 is 1.52 bits per heavy atom. The van der Waals surface area contributed by atoms with Gasteiger partial charge in [-0.2, -0.15) is 0 Å². The molecule has 0 aliphatic rings.